The highest BCUT2D eigenvalue weighted by atomic mass is 35.5. The second-order valence-electron chi connectivity index (χ2n) is 3.90. The molecule has 0 aliphatic carbocycles. The summed E-state index contributed by atoms with van der Waals surface area (Å²) in [7, 11) is 0. The lowest BCUT2D eigenvalue weighted by molar-refractivity contribution is 0.0990. The molecule has 0 atom stereocenters. The molecule has 19 heavy (non-hydrogen) atoms. The molecule has 0 amide bonds. The minimum absolute atomic E-state index is 0.0932. The minimum Gasteiger partial charge on any atom is -0.294 e. The third kappa shape index (κ3) is 2.79. The molecule has 98 valence electrons. The second kappa shape index (κ2) is 5.45. The van der Waals surface area contributed by atoms with Gasteiger partial charge in [-0.25, -0.2) is 13.2 Å². The van der Waals surface area contributed by atoms with E-state index in [1.165, 1.54) is 18.2 Å². The van der Waals surface area contributed by atoms with Crippen LogP contribution in [0.2, 0.25) is 5.02 Å². The molecule has 2 aromatic carbocycles. The van der Waals surface area contributed by atoms with Gasteiger partial charge in [-0.15, -0.1) is 0 Å². The Morgan fingerprint density at radius 3 is 2.11 bits per heavy atom. The number of benzene rings is 2. The van der Waals surface area contributed by atoms with Gasteiger partial charge in [-0.3, -0.25) is 4.79 Å². The zero-order chi connectivity index (χ0) is 14.0. The summed E-state index contributed by atoms with van der Waals surface area (Å²) in [6, 6.07) is 7.03. The van der Waals surface area contributed by atoms with Crippen molar-refractivity contribution in [3.05, 3.63) is 70.0 Å². The molecule has 2 rings (SSSR count). The fourth-order valence-corrected chi connectivity index (χ4v) is 1.91. The van der Waals surface area contributed by atoms with Gasteiger partial charge in [0, 0.05) is 17.5 Å². The van der Waals surface area contributed by atoms with Crippen molar-refractivity contribution in [1.82, 2.24) is 0 Å². The van der Waals surface area contributed by atoms with Crippen molar-refractivity contribution in [2.45, 2.75) is 6.42 Å². The molecule has 0 unspecified atom stereocenters. The molecule has 5 heteroatoms. The fraction of sp³-hybridized carbons (Fsp3) is 0.0714. The molecule has 0 radical (unpaired) electrons. The second-order valence-corrected chi connectivity index (χ2v) is 4.28. The Morgan fingerprint density at radius 2 is 1.47 bits per heavy atom. The van der Waals surface area contributed by atoms with E-state index in [1.807, 2.05) is 0 Å². The van der Waals surface area contributed by atoms with Gasteiger partial charge in [0.1, 0.15) is 17.5 Å². The predicted octanol–water partition coefficient (Wildman–Crippen LogP) is 4.18. The van der Waals surface area contributed by atoms with Crippen LogP contribution in [0.5, 0.6) is 0 Å². The lowest BCUT2D eigenvalue weighted by Gasteiger charge is -2.06. The lowest BCUT2D eigenvalue weighted by atomic mass is 10.0. The first-order valence-electron chi connectivity index (χ1n) is 5.41. The van der Waals surface area contributed by atoms with Crippen LogP contribution in [-0.4, -0.2) is 5.78 Å². The highest BCUT2D eigenvalue weighted by Crippen LogP contribution is 2.22. The number of carbonyl (C=O) groups is 1. The third-order valence-corrected chi connectivity index (χ3v) is 3.04. The van der Waals surface area contributed by atoms with Gasteiger partial charge in [-0.2, -0.15) is 0 Å². The molecule has 0 saturated carbocycles. The number of carbonyl (C=O) groups excluding carboxylic acids is 1. The number of hydrogen-bond acceptors (Lipinski definition) is 1. The Kier molecular flexibility index (Phi) is 3.90. The van der Waals surface area contributed by atoms with Crippen LogP contribution >= 0.6 is 11.6 Å². The van der Waals surface area contributed by atoms with Gasteiger partial charge in [-0.05, 0) is 24.3 Å². The van der Waals surface area contributed by atoms with Gasteiger partial charge in [0.05, 0.1) is 5.02 Å². The molecule has 0 aromatic heterocycles. The van der Waals surface area contributed by atoms with E-state index >= 15 is 0 Å². The zero-order valence-electron chi connectivity index (χ0n) is 9.59. The monoisotopic (exact) mass is 284 g/mol. The molecule has 0 aliphatic heterocycles. The molecular formula is C14H8ClF3O. The summed E-state index contributed by atoms with van der Waals surface area (Å²) < 4.78 is 40.0. The zero-order valence-corrected chi connectivity index (χ0v) is 10.3. The Morgan fingerprint density at radius 1 is 0.947 bits per heavy atom. The van der Waals surface area contributed by atoms with Crippen molar-refractivity contribution < 1.29 is 18.0 Å². The van der Waals surface area contributed by atoms with E-state index in [-0.39, 0.29) is 16.1 Å². The first-order chi connectivity index (χ1) is 9.00. The van der Waals surface area contributed by atoms with Crippen LogP contribution in [0.15, 0.2) is 36.4 Å². The van der Waals surface area contributed by atoms with Crippen molar-refractivity contribution in [1.29, 1.82) is 0 Å². The summed E-state index contributed by atoms with van der Waals surface area (Å²) in [5.74, 6) is -3.03. The summed E-state index contributed by atoms with van der Waals surface area (Å²) in [4.78, 5) is 11.9. The number of halogens is 4. The molecule has 0 bridgehead atoms. The smallest absolute Gasteiger partial charge is 0.169 e. The summed E-state index contributed by atoms with van der Waals surface area (Å²) in [5.41, 5.74) is -0.447. The number of rotatable bonds is 3. The maximum absolute atomic E-state index is 13.4. The van der Waals surface area contributed by atoms with E-state index in [0.29, 0.717) is 0 Å². The van der Waals surface area contributed by atoms with Crippen LogP contribution < -0.4 is 0 Å². The van der Waals surface area contributed by atoms with Crippen LogP contribution in [0.25, 0.3) is 0 Å². The van der Waals surface area contributed by atoms with Crippen LogP contribution in [0, 0.1) is 17.5 Å². The molecule has 0 N–H and O–H groups in total. The van der Waals surface area contributed by atoms with Gasteiger partial charge >= 0.3 is 0 Å². The van der Waals surface area contributed by atoms with E-state index in [9.17, 15) is 18.0 Å². The third-order valence-electron chi connectivity index (χ3n) is 2.65. The van der Waals surface area contributed by atoms with Crippen molar-refractivity contribution in [3.63, 3.8) is 0 Å². The number of Topliss-reactive ketones (excluding diaryl/α,β-unsaturated/α-hetero) is 1. The van der Waals surface area contributed by atoms with Crippen LogP contribution in [0.4, 0.5) is 13.2 Å². The number of hydrogen-bond donors (Lipinski definition) is 0. The van der Waals surface area contributed by atoms with Crippen LogP contribution in [0.1, 0.15) is 15.9 Å². The largest absolute Gasteiger partial charge is 0.294 e. The maximum atomic E-state index is 13.4. The summed E-state index contributed by atoms with van der Waals surface area (Å²) in [6.07, 6.45) is -0.512. The first kappa shape index (κ1) is 13.6. The van der Waals surface area contributed by atoms with Crippen LogP contribution in [0.3, 0.4) is 0 Å². The van der Waals surface area contributed by atoms with Crippen molar-refractivity contribution in [3.8, 4) is 0 Å². The predicted molar refractivity (Wildman–Crippen MR) is 65.8 cm³/mol. The quantitative estimate of drug-likeness (QED) is 0.773. The molecular weight excluding hydrogens is 277 g/mol. The number of ketones is 1. The minimum atomic E-state index is -0.819. The van der Waals surface area contributed by atoms with E-state index in [1.54, 1.807) is 0 Å². The summed E-state index contributed by atoms with van der Waals surface area (Å²) in [5, 5.41) is -0.343. The molecule has 0 heterocycles. The Balaban J connectivity index is 2.34. The van der Waals surface area contributed by atoms with Gasteiger partial charge in [-0.1, -0.05) is 23.7 Å². The standard InChI is InChI=1S/C14H8ClF3O/c15-14-8(3-1-6-12(14)18)13(19)7-9-10(16)4-2-5-11(9)17/h1-6H,7H2. The van der Waals surface area contributed by atoms with Crippen molar-refractivity contribution in [2.75, 3.05) is 0 Å². The van der Waals surface area contributed by atoms with E-state index in [2.05, 4.69) is 0 Å². The van der Waals surface area contributed by atoms with Gasteiger partial charge in [0.25, 0.3) is 0 Å². The maximum Gasteiger partial charge on any atom is 0.169 e. The SMILES string of the molecule is O=C(Cc1c(F)cccc1F)c1cccc(F)c1Cl. The highest BCUT2D eigenvalue weighted by Gasteiger charge is 2.18. The Labute approximate surface area is 112 Å². The van der Waals surface area contributed by atoms with Gasteiger partial charge < -0.3 is 0 Å². The fourth-order valence-electron chi connectivity index (χ4n) is 1.68. The average molecular weight is 285 g/mol. The topological polar surface area (TPSA) is 17.1 Å². The van der Waals surface area contributed by atoms with E-state index in [0.717, 1.165) is 18.2 Å². The van der Waals surface area contributed by atoms with Crippen LogP contribution in [-0.2, 0) is 6.42 Å². The molecule has 2 aromatic rings. The Hall–Kier alpha value is -1.81. The van der Waals surface area contributed by atoms with Gasteiger partial charge in [0.2, 0.25) is 0 Å². The lowest BCUT2D eigenvalue weighted by Crippen LogP contribution is -2.08. The molecule has 1 nitrogen and oxygen atoms in total. The van der Waals surface area contributed by atoms with E-state index in [4.69, 9.17) is 11.6 Å². The Bertz CT molecular complexity index is 620. The first-order valence-corrected chi connectivity index (χ1v) is 5.78. The van der Waals surface area contributed by atoms with Crippen molar-refractivity contribution >= 4 is 17.4 Å². The molecule has 0 spiro atoms. The molecule has 0 fully saturated rings. The summed E-state index contributed by atoms with van der Waals surface area (Å²) >= 11 is 5.65. The van der Waals surface area contributed by atoms with E-state index < -0.39 is 29.7 Å². The summed E-state index contributed by atoms with van der Waals surface area (Å²) in [6.45, 7) is 0. The normalized spacial score (nSPS) is 10.5. The van der Waals surface area contributed by atoms with Crippen molar-refractivity contribution in [2.24, 2.45) is 0 Å². The van der Waals surface area contributed by atoms with Gasteiger partial charge in [0.15, 0.2) is 5.78 Å². The highest BCUT2D eigenvalue weighted by molar-refractivity contribution is 6.34. The molecule has 0 aliphatic rings. The average Bonchev–Trinajstić information content (AvgIpc) is 2.37. The molecule has 0 saturated heterocycles.